The van der Waals surface area contributed by atoms with Gasteiger partial charge in [-0.2, -0.15) is 0 Å². The SMILES string of the molecule is CCNCc1sc2cccc(F)c2c1CN(C)C(C)CC. The Bertz CT molecular complexity index is 594. The van der Waals surface area contributed by atoms with E-state index in [1.165, 1.54) is 4.88 Å². The molecule has 4 heteroatoms. The van der Waals surface area contributed by atoms with E-state index in [4.69, 9.17) is 0 Å². The molecular weight excluding hydrogens is 283 g/mol. The van der Waals surface area contributed by atoms with Crippen molar-refractivity contribution in [3.8, 4) is 0 Å². The van der Waals surface area contributed by atoms with Crippen molar-refractivity contribution in [1.82, 2.24) is 10.2 Å². The highest BCUT2D eigenvalue weighted by atomic mass is 32.1. The van der Waals surface area contributed by atoms with Crippen LogP contribution in [0.25, 0.3) is 10.1 Å². The summed E-state index contributed by atoms with van der Waals surface area (Å²) in [6.45, 7) is 9.05. The maximum atomic E-state index is 14.3. The molecule has 2 aromatic rings. The van der Waals surface area contributed by atoms with Crippen LogP contribution in [0.2, 0.25) is 0 Å². The van der Waals surface area contributed by atoms with E-state index in [0.717, 1.165) is 41.7 Å². The van der Waals surface area contributed by atoms with Gasteiger partial charge in [-0.3, -0.25) is 4.90 Å². The average Bonchev–Trinajstić information content (AvgIpc) is 2.83. The van der Waals surface area contributed by atoms with Crippen LogP contribution in [-0.4, -0.2) is 24.5 Å². The van der Waals surface area contributed by atoms with Crippen LogP contribution < -0.4 is 5.32 Å². The zero-order valence-corrected chi connectivity index (χ0v) is 14.2. The Kier molecular flexibility index (Phi) is 5.73. The van der Waals surface area contributed by atoms with Crippen LogP contribution in [0.4, 0.5) is 4.39 Å². The summed E-state index contributed by atoms with van der Waals surface area (Å²) >= 11 is 1.71. The summed E-state index contributed by atoms with van der Waals surface area (Å²) in [4.78, 5) is 3.57. The molecule has 2 rings (SSSR count). The van der Waals surface area contributed by atoms with Gasteiger partial charge in [0, 0.05) is 34.1 Å². The first-order valence-corrected chi connectivity index (χ1v) is 8.49. The monoisotopic (exact) mass is 308 g/mol. The third-order valence-corrected chi connectivity index (χ3v) is 5.33. The molecule has 1 N–H and O–H groups in total. The van der Waals surface area contributed by atoms with Gasteiger partial charge in [-0.1, -0.05) is 19.9 Å². The normalized spacial score (nSPS) is 13.2. The minimum Gasteiger partial charge on any atom is -0.312 e. The summed E-state index contributed by atoms with van der Waals surface area (Å²) < 4.78 is 15.3. The highest BCUT2D eigenvalue weighted by Crippen LogP contribution is 2.34. The number of hydrogen-bond donors (Lipinski definition) is 1. The molecule has 1 atom stereocenters. The standard InChI is InChI=1S/C17H25FN2S/c1-5-12(3)20(4)11-13-16(10-19-6-2)21-15-9-7-8-14(18)17(13)15/h7-9,12,19H,5-6,10-11H2,1-4H3. The van der Waals surface area contributed by atoms with Crippen LogP contribution in [-0.2, 0) is 13.1 Å². The molecule has 1 heterocycles. The molecule has 1 aromatic carbocycles. The number of nitrogens with zero attached hydrogens (tertiary/aromatic N) is 1. The lowest BCUT2D eigenvalue weighted by molar-refractivity contribution is 0.244. The van der Waals surface area contributed by atoms with Gasteiger partial charge in [-0.15, -0.1) is 11.3 Å². The van der Waals surface area contributed by atoms with Crippen molar-refractivity contribution in [2.75, 3.05) is 13.6 Å². The molecule has 0 aliphatic heterocycles. The van der Waals surface area contributed by atoms with Crippen LogP contribution in [0, 0.1) is 5.82 Å². The number of benzene rings is 1. The van der Waals surface area contributed by atoms with Crippen molar-refractivity contribution < 1.29 is 4.39 Å². The molecule has 0 spiro atoms. The van der Waals surface area contributed by atoms with Gasteiger partial charge in [0.2, 0.25) is 0 Å². The molecule has 0 radical (unpaired) electrons. The van der Waals surface area contributed by atoms with Gasteiger partial charge in [0.25, 0.3) is 0 Å². The first kappa shape index (κ1) is 16.4. The topological polar surface area (TPSA) is 15.3 Å². The number of fused-ring (bicyclic) bond motifs is 1. The summed E-state index contributed by atoms with van der Waals surface area (Å²) in [5, 5.41) is 4.18. The zero-order chi connectivity index (χ0) is 15.4. The van der Waals surface area contributed by atoms with Crippen LogP contribution >= 0.6 is 11.3 Å². The van der Waals surface area contributed by atoms with Gasteiger partial charge in [0.05, 0.1) is 0 Å². The molecule has 21 heavy (non-hydrogen) atoms. The van der Waals surface area contributed by atoms with E-state index in [9.17, 15) is 4.39 Å². The molecule has 0 saturated carbocycles. The lowest BCUT2D eigenvalue weighted by atomic mass is 10.1. The molecule has 0 aliphatic carbocycles. The molecule has 116 valence electrons. The third-order valence-electron chi connectivity index (χ3n) is 4.13. The summed E-state index contributed by atoms with van der Waals surface area (Å²) in [5.74, 6) is -0.0981. The Morgan fingerprint density at radius 1 is 1.33 bits per heavy atom. The number of thiophene rings is 1. The smallest absolute Gasteiger partial charge is 0.132 e. The summed E-state index contributed by atoms with van der Waals surface area (Å²) in [6.07, 6.45) is 1.10. The first-order chi connectivity index (χ1) is 10.1. The summed E-state index contributed by atoms with van der Waals surface area (Å²) in [5.41, 5.74) is 1.15. The Hall–Kier alpha value is -0.970. The zero-order valence-electron chi connectivity index (χ0n) is 13.4. The third kappa shape index (κ3) is 3.62. The quantitative estimate of drug-likeness (QED) is 0.816. The van der Waals surface area contributed by atoms with Crippen molar-refractivity contribution in [3.05, 3.63) is 34.5 Å². The minimum atomic E-state index is -0.0981. The molecule has 0 aliphatic rings. The van der Waals surface area contributed by atoms with E-state index in [1.807, 2.05) is 6.07 Å². The second-order valence-electron chi connectivity index (χ2n) is 5.57. The molecule has 0 amide bonds. The van der Waals surface area contributed by atoms with Crippen LogP contribution in [0.15, 0.2) is 18.2 Å². The highest BCUT2D eigenvalue weighted by molar-refractivity contribution is 7.19. The van der Waals surface area contributed by atoms with E-state index < -0.39 is 0 Å². The fraction of sp³-hybridized carbons (Fsp3) is 0.529. The van der Waals surface area contributed by atoms with E-state index >= 15 is 0 Å². The molecule has 1 unspecified atom stereocenters. The fourth-order valence-corrected chi connectivity index (χ4v) is 3.68. The predicted octanol–water partition coefficient (Wildman–Crippen LogP) is 4.38. The van der Waals surface area contributed by atoms with Crippen LogP contribution in [0.3, 0.4) is 0 Å². The maximum absolute atomic E-state index is 14.3. The Balaban J connectivity index is 2.41. The van der Waals surface area contributed by atoms with E-state index in [0.29, 0.717) is 6.04 Å². The molecule has 0 bridgehead atoms. The summed E-state index contributed by atoms with van der Waals surface area (Å²) in [6, 6.07) is 5.89. The van der Waals surface area contributed by atoms with Gasteiger partial charge in [0.1, 0.15) is 5.82 Å². The van der Waals surface area contributed by atoms with Gasteiger partial charge in [0.15, 0.2) is 0 Å². The van der Waals surface area contributed by atoms with E-state index in [1.54, 1.807) is 23.5 Å². The van der Waals surface area contributed by atoms with Gasteiger partial charge >= 0.3 is 0 Å². The van der Waals surface area contributed by atoms with Gasteiger partial charge in [-0.05, 0) is 44.6 Å². The number of nitrogens with one attached hydrogen (secondary N) is 1. The van der Waals surface area contributed by atoms with Gasteiger partial charge in [-0.25, -0.2) is 4.39 Å². The van der Waals surface area contributed by atoms with E-state index in [-0.39, 0.29) is 5.82 Å². The number of hydrogen-bond acceptors (Lipinski definition) is 3. The molecule has 0 fully saturated rings. The molecule has 0 saturated heterocycles. The highest BCUT2D eigenvalue weighted by Gasteiger charge is 2.18. The Labute approximate surface area is 131 Å². The van der Waals surface area contributed by atoms with Gasteiger partial charge < -0.3 is 5.32 Å². The Morgan fingerprint density at radius 3 is 2.76 bits per heavy atom. The average molecular weight is 308 g/mol. The van der Waals surface area contributed by atoms with Crippen molar-refractivity contribution >= 4 is 21.4 Å². The lowest BCUT2D eigenvalue weighted by Crippen LogP contribution is -2.28. The second kappa shape index (κ2) is 7.34. The van der Waals surface area contributed by atoms with Crippen molar-refractivity contribution in [2.24, 2.45) is 0 Å². The lowest BCUT2D eigenvalue weighted by Gasteiger charge is -2.24. The molecular formula is C17H25FN2S. The van der Waals surface area contributed by atoms with Crippen LogP contribution in [0.5, 0.6) is 0 Å². The van der Waals surface area contributed by atoms with Crippen LogP contribution in [0.1, 0.15) is 37.6 Å². The predicted molar refractivity (Wildman–Crippen MR) is 90.4 cm³/mol. The fourth-order valence-electron chi connectivity index (χ4n) is 2.48. The first-order valence-electron chi connectivity index (χ1n) is 7.68. The van der Waals surface area contributed by atoms with E-state index in [2.05, 4.69) is 38.0 Å². The van der Waals surface area contributed by atoms with Crippen molar-refractivity contribution in [2.45, 2.75) is 46.3 Å². The minimum absolute atomic E-state index is 0.0981. The molecule has 2 nitrogen and oxygen atoms in total. The van der Waals surface area contributed by atoms with Crippen molar-refractivity contribution in [3.63, 3.8) is 0 Å². The summed E-state index contributed by atoms with van der Waals surface area (Å²) in [7, 11) is 2.12. The number of halogens is 1. The molecule has 1 aromatic heterocycles. The van der Waals surface area contributed by atoms with Crippen molar-refractivity contribution in [1.29, 1.82) is 0 Å². The maximum Gasteiger partial charge on any atom is 0.132 e. The number of rotatable bonds is 7. The Morgan fingerprint density at radius 2 is 2.10 bits per heavy atom. The largest absolute Gasteiger partial charge is 0.312 e. The second-order valence-corrected chi connectivity index (χ2v) is 6.71.